The summed E-state index contributed by atoms with van der Waals surface area (Å²) in [5.74, 6) is 0.0353. The third-order valence-electron chi connectivity index (χ3n) is 2.58. The standard InChI is InChI=1S/C13H18N2O6/c1-20-8-11(16)6-7-14-13(17)9-21-12-4-2-10(3-5-12)15(18)19/h2-5,11,16H,6-9H2,1H3,(H,14,17). The van der Waals surface area contributed by atoms with Crippen molar-refractivity contribution in [2.24, 2.45) is 0 Å². The van der Waals surface area contributed by atoms with Crippen molar-refractivity contribution in [2.45, 2.75) is 12.5 Å². The predicted octanol–water partition coefficient (Wildman–Crippen LogP) is 0.487. The number of carbonyl (C=O) groups excluding carboxylic acids is 1. The minimum atomic E-state index is -0.620. The first-order valence-electron chi connectivity index (χ1n) is 6.34. The second-order valence-corrected chi connectivity index (χ2v) is 4.29. The Morgan fingerprint density at radius 2 is 2.10 bits per heavy atom. The second-order valence-electron chi connectivity index (χ2n) is 4.29. The van der Waals surface area contributed by atoms with Gasteiger partial charge in [-0.2, -0.15) is 0 Å². The molecule has 1 aromatic rings. The molecule has 1 atom stereocenters. The van der Waals surface area contributed by atoms with Crippen molar-refractivity contribution in [1.82, 2.24) is 5.32 Å². The molecule has 0 aliphatic rings. The van der Waals surface area contributed by atoms with Crippen LogP contribution < -0.4 is 10.1 Å². The number of aliphatic hydroxyl groups excluding tert-OH is 1. The fraction of sp³-hybridized carbons (Fsp3) is 0.462. The first-order chi connectivity index (χ1) is 10.0. The Morgan fingerprint density at radius 3 is 2.67 bits per heavy atom. The van der Waals surface area contributed by atoms with Gasteiger partial charge in [-0.05, 0) is 18.6 Å². The van der Waals surface area contributed by atoms with E-state index in [1.807, 2.05) is 0 Å². The van der Waals surface area contributed by atoms with Crippen molar-refractivity contribution in [3.05, 3.63) is 34.4 Å². The maximum atomic E-state index is 11.5. The summed E-state index contributed by atoms with van der Waals surface area (Å²) < 4.78 is 9.94. The first kappa shape index (κ1) is 16.9. The summed E-state index contributed by atoms with van der Waals surface area (Å²) in [5, 5.41) is 22.4. The second kappa shape index (κ2) is 8.88. The molecule has 1 aromatic carbocycles. The van der Waals surface area contributed by atoms with Gasteiger partial charge < -0.3 is 19.9 Å². The van der Waals surface area contributed by atoms with Crippen LogP contribution in [0.25, 0.3) is 0 Å². The van der Waals surface area contributed by atoms with Gasteiger partial charge in [0.2, 0.25) is 0 Å². The molecule has 0 aliphatic carbocycles. The molecule has 1 rings (SSSR count). The lowest BCUT2D eigenvalue weighted by atomic mass is 10.2. The summed E-state index contributed by atoms with van der Waals surface area (Å²) in [5.41, 5.74) is -0.0427. The lowest BCUT2D eigenvalue weighted by Crippen LogP contribution is -2.32. The number of hydrogen-bond donors (Lipinski definition) is 2. The van der Waals surface area contributed by atoms with E-state index in [1.54, 1.807) is 0 Å². The molecule has 0 bridgehead atoms. The number of nitro benzene ring substituents is 1. The van der Waals surface area contributed by atoms with Crippen molar-refractivity contribution in [1.29, 1.82) is 0 Å². The number of nitrogens with zero attached hydrogens (tertiary/aromatic N) is 1. The number of nitro groups is 1. The smallest absolute Gasteiger partial charge is 0.269 e. The normalized spacial score (nSPS) is 11.7. The van der Waals surface area contributed by atoms with Crippen LogP contribution in [0, 0.1) is 10.1 Å². The zero-order chi connectivity index (χ0) is 15.7. The molecule has 0 fully saturated rings. The number of nitrogens with one attached hydrogen (secondary N) is 1. The average molecular weight is 298 g/mol. The van der Waals surface area contributed by atoms with Crippen molar-refractivity contribution >= 4 is 11.6 Å². The minimum Gasteiger partial charge on any atom is -0.484 e. The quantitative estimate of drug-likeness (QED) is 0.507. The number of amides is 1. The molecule has 8 nitrogen and oxygen atoms in total. The van der Waals surface area contributed by atoms with Crippen LogP contribution in [-0.2, 0) is 9.53 Å². The molecular weight excluding hydrogens is 280 g/mol. The van der Waals surface area contributed by atoms with E-state index in [2.05, 4.69) is 5.32 Å². The molecule has 0 saturated carbocycles. The highest BCUT2D eigenvalue weighted by molar-refractivity contribution is 5.77. The molecule has 21 heavy (non-hydrogen) atoms. The zero-order valence-corrected chi connectivity index (χ0v) is 11.7. The van der Waals surface area contributed by atoms with Gasteiger partial charge in [-0.3, -0.25) is 14.9 Å². The summed E-state index contributed by atoms with van der Waals surface area (Å²) in [4.78, 5) is 21.4. The van der Waals surface area contributed by atoms with Gasteiger partial charge in [0.05, 0.1) is 17.6 Å². The van der Waals surface area contributed by atoms with Crippen LogP contribution in [0.2, 0.25) is 0 Å². The molecular formula is C13H18N2O6. The van der Waals surface area contributed by atoms with E-state index >= 15 is 0 Å². The van der Waals surface area contributed by atoms with Crippen LogP contribution in [0.15, 0.2) is 24.3 Å². The summed E-state index contributed by atoms with van der Waals surface area (Å²) >= 11 is 0. The van der Waals surface area contributed by atoms with E-state index in [0.29, 0.717) is 18.7 Å². The molecule has 0 radical (unpaired) electrons. The molecule has 0 aliphatic heterocycles. The van der Waals surface area contributed by atoms with E-state index in [9.17, 15) is 20.0 Å². The van der Waals surface area contributed by atoms with Crippen LogP contribution >= 0.6 is 0 Å². The number of aliphatic hydroxyl groups is 1. The van der Waals surface area contributed by atoms with Gasteiger partial charge in [0.25, 0.3) is 11.6 Å². The Kier molecular flexibility index (Phi) is 7.13. The summed E-state index contributed by atoms with van der Waals surface area (Å²) in [7, 11) is 1.49. The zero-order valence-electron chi connectivity index (χ0n) is 11.7. The molecule has 2 N–H and O–H groups in total. The molecule has 0 spiro atoms. The fourth-order valence-corrected chi connectivity index (χ4v) is 1.52. The van der Waals surface area contributed by atoms with Gasteiger partial charge in [0.1, 0.15) is 5.75 Å². The largest absolute Gasteiger partial charge is 0.484 e. The number of hydrogen-bond acceptors (Lipinski definition) is 6. The maximum absolute atomic E-state index is 11.5. The number of benzene rings is 1. The van der Waals surface area contributed by atoms with Gasteiger partial charge in [-0.15, -0.1) is 0 Å². The maximum Gasteiger partial charge on any atom is 0.269 e. The minimum absolute atomic E-state index is 0.0427. The Balaban J connectivity index is 2.25. The van der Waals surface area contributed by atoms with Crippen molar-refractivity contribution < 1.29 is 24.3 Å². The van der Waals surface area contributed by atoms with Gasteiger partial charge >= 0.3 is 0 Å². The Morgan fingerprint density at radius 1 is 1.43 bits per heavy atom. The van der Waals surface area contributed by atoms with Crippen LogP contribution in [0.3, 0.4) is 0 Å². The third-order valence-corrected chi connectivity index (χ3v) is 2.58. The number of rotatable bonds is 9. The van der Waals surface area contributed by atoms with Gasteiger partial charge in [-0.1, -0.05) is 0 Å². The number of non-ortho nitro benzene ring substituents is 1. The summed E-state index contributed by atoms with van der Waals surface area (Å²) in [6.07, 6.45) is -0.234. The Labute approximate surface area is 121 Å². The SMILES string of the molecule is COCC(O)CCNC(=O)COc1ccc([N+](=O)[O-])cc1. The molecule has 1 unspecified atom stereocenters. The van der Waals surface area contributed by atoms with E-state index in [0.717, 1.165) is 0 Å². The van der Waals surface area contributed by atoms with Gasteiger partial charge in [0, 0.05) is 25.8 Å². The Bertz CT molecular complexity index is 462. The topological polar surface area (TPSA) is 111 Å². The van der Waals surface area contributed by atoms with Crippen LogP contribution in [0.1, 0.15) is 6.42 Å². The highest BCUT2D eigenvalue weighted by atomic mass is 16.6. The van der Waals surface area contributed by atoms with Crippen molar-refractivity contribution in [3.63, 3.8) is 0 Å². The fourth-order valence-electron chi connectivity index (χ4n) is 1.52. The van der Waals surface area contributed by atoms with E-state index in [1.165, 1.54) is 31.4 Å². The van der Waals surface area contributed by atoms with Gasteiger partial charge in [-0.25, -0.2) is 0 Å². The van der Waals surface area contributed by atoms with Crippen molar-refractivity contribution in [3.8, 4) is 5.75 Å². The average Bonchev–Trinajstić information content (AvgIpc) is 2.46. The highest BCUT2D eigenvalue weighted by Gasteiger charge is 2.07. The Hall–Kier alpha value is -2.19. The van der Waals surface area contributed by atoms with Gasteiger partial charge in [0.15, 0.2) is 6.61 Å². The lowest BCUT2D eigenvalue weighted by molar-refractivity contribution is -0.384. The highest BCUT2D eigenvalue weighted by Crippen LogP contribution is 2.16. The van der Waals surface area contributed by atoms with Crippen LogP contribution in [0.5, 0.6) is 5.75 Å². The molecule has 116 valence electrons. The monoisotopic (exact) mass is 298 g/mol. The van der Waals surface area contributed by atoms with E-state index in [4.69, 9.17) is 9.47 Å². The number of carbonyl (C=O) groups is 1. The molecule has 8 heteroatoms. The van der Waals surface area contributed by atoms with E-state index < -0.39 is 11.0 Å². The van der Waals surface area contributed by atoms with Crippen LogP contribution in [-0.4, -0.2) is 48.9 Å². The van der Waals surface area contributed by atoms with Crippen molar-refractivity contribution in [2.75, 3.05) is 26.9 Å². The molecule has 0 aromatic heterocycles. The summed E-state index contributed by atoms with van der Waals surface area (Å²) in [6.45, 7) is 0.334. The van der Waals surface area contributed by atoms with Crippen LogP contribution in [0.4, 0.5) is 5.69 Å². The molecule has 0 saturated heterocycles. The van der Waals surface area contributed by atoms with E-state index in [-0.39, 0.29) is 24.8 Å². The molecule has 0 heterocycles. The summed E-state index contributed by atoms with van der Waals surface area (Å²) in [6, 6.07) is 5.45. The lowest BCUT2D eigenvalue weighted by Gasteiger charge is -2.10. The number of ether oxygens (including phenoxy) is 2. The molecule has 1 amide bonds. The third kappa shape index (κ3) is 6.68. The first-order valence-corrected chi connectivity index (χ1v) is 6.34. The number of methoxy groups -OCH3 is 1. The predicted molar refractivity (Wildman–Crippen MR) is 74.1 cm³/mol.